The third kappa shape index (κ3) is 1.56. The number of hydrogen-bond acceptors (Lipinski definition) is 2. The summed E-state index contributed by atoms with van der Waals surface area (Å²) in [5, 5.41) is 0.665. The molecule has 0 saturated carbocycles. The fraction of sp³-hybridized carbons (Fsp3) is 0. The first-order valence-electron chi connectivity index (χ1n) is 4.24. The molecule has 0 aliphatic carbocycles. The minimum Gasteiger partial charge on any atom is -0.397 e. The zero-order chi connectivity index (χ0) is 9.97. The van der Waals surface area contributed by atoms with Gasteiger partial charge in [0.2, 0.25) is 0 Å². The molecule has 0 fully saturated rings. The average Bonchev–Trinajstić information content (AvgIpc) is 2.20. The second-order valence-electron chi connectivity index (χ2n) is 2.92. The molecule has 1 heterocycles. The van der Waals surface area contributed by atoms with Gasteiger partial charge in [-0.2, -0.15) is 0 Å². The van der Waals surface area contributed by atoms with Crippen LogP contribution in [0.3, 0.4) is 0 Å². The first-order chi connectivity index (χ1) is 6.79. The van der Waals surface area contributed by atoms with Crippen molar-refractivity contribution in [3.05, 3.63) is 47.6 Å². The molecule has 0 spiro atoms. The van der Waals surface area contributed by atoms with E-state index < -0.39 is 0 Å². The lowest BCUT2D eigenvalue weighted by Gasteiger charge is -2.05. The molecule has 0 radical (unpaired) electrons. The van der Waals surface area contributed by atoms with E-state index in [0.29, 0.717) is 10.7 Å². The Morgan fingerprint density at radius 2 is 1.86 bits per heavy atom. The van der Waals surface area contributed by atoms with Crippen molar-refractivity contribution in [1.29, 1.82) is 0 Å². The van der Waals surface area contributed by atoms with Gasteiger partial charge < -0.3 is 5.73 Å². The van der Waals surface area contributed by atoms with Crippen molar-refractivity contribution in [1.82, 2.24) is 4.98 Å². The fourth-order valence-corrected chi connectivity index (χ4v) is 1.52. The standard InChI is InChI=1S/C11H9ClN2/c12-9-5-2-1-4-8(9)11-10(13)6-3-7-14-11/h1-7H,13H2. The van der Waals surface area contributed by atoms with Crippen molar-refractivity contribution < 1.29 is 0 Å². The highest BCUT2D eigenvalue weighted by Gasteiger charge is 2.06. The predicted octanol–water partition coefficient (Wildman–Crippen LogP) is 2.98. The van der Waals surface area contributed by atoms with Crippen molar-refractivity contribution in [2.45, 2.75) is 0 Å². The molecule has 2 N–H and O–H groups in total. The lowest BCUT2D eigenvalue weighted by molar-refractivity contribution is 1.33. The van der Waals surface area contributed by atoms with Gasteiger partial charge in [-0.3, -0.25) is 4.98 Å². The molecule has 14 heavy (non-hydrogen) atoms. The van der Waals surface area contributed by atoms with E-state index in [1.165, 1.54) is 0 Å². The number of aromatic nitrogens is 1. The van der Waals surface area contributed by atoms with E-state index in [1.54, 1.807) is 12.3 Å². The maximum Gasteiger partial charge on any atom is 0.0946 e. The number of rotatable bonds is 1. The summed E-state index contributed by atoms with van der Waals surface area (Å²) in [7, 11) is 0. The second-order valence-corrected chi connectivity index (χ2v) is 3.33. The molecule has 2 aromatic rings. The lowest BCUT2D eigenvalue weighted by Crippen LogP contribution is -1.92. The number of benzene rings is 1. The van der Waals surface area contributed by atoms with Gasteiger partial charge in [0.15, 0.2) is 0 Å². The summed E-state index contributed by atoms with van der Waals surface area (Å²) >= 11 is 6.04. The normalized spacial score (nSPS) is 10.1. The van der Waals surface area contributed by atoms with Gasteiger partial charge in [-0.15, -0.1) is 0 Å². The van der Waals surface area contributed by atoms with Crippen LogP contribution in [0, 0.1) is 0 Å². The van der Waals surface area contributed by atoms with Crippen LogP contribution in [0.1, 0.15) is 0 Å². The van der Waals surface area contributed by atoms with E-state index in [0.717, 1.165) is 11.3 Å². The Hall–Kier alpha value is -1.54. The summed E-state index contributed by atoms with van der Waals surface area (Å²) in [6.07, 6.45) is 1.70. The molecule has 0 amide bonds. The number of anilines is 1. The highest BCUT2D eigenvalue weighted by Crippen LogP contribution is 2.29. The third-order valence-electron chi connectivity index (χ3n) is 1.97. The van der Waals surface area contributed by atoms with Crippen LogP contribution >= 0.6 is 11.6 Å². The fourth-order valence-electron chi connectivity index (χ4n) is 1.30. The Labute approximate surface area is 87.4 Å². The van der Waals surface area contributed by atoms with E-state index >= 15 is 0 Å². The Bertz CT molecular complexity index is 411. The third-order valence-corrected chi connectivity index (χ3v) is 2.30. The molecule has 0 unspecified atom stereocenters. The summed E-state index contributed by atoms with van der Waals surface area (Å²) in [4.78, 5) is 4.20. The van der Waals surface area contributed by atoms with Crippen LogP contribution < -0.4 is 5.73 Å². The SMILES string of the molecule is Nc1cccnc1-c1ccccc1Cl. The number of nitrogens with two attached hydrogens (primary N) is 1. The van der Waals surface area contributed by atoms with Crippen LogP contribution in [0.2, 0.25) is 5.02 Å². The number of hydrogen-bond donors (Lipinski definition) is 1. The smallest absolute Gasteiger partial charge is 0.0946 e. The summed E-state index contributed by atoms with van der Waals surface area (Å²) < 4.78 is 0. The largest absolute Gasteiger partial charge is 0.397 e. The predicted molar refractivity (Wildman–Crippen MR) is 59.1 cm³/mol. The molecule has 2 rings (SSSR count). The number of nitrogen functional groups attached to an aromatic ring is 1. The van der Waals surface area contributed by atoms with E-state index in [4.69, 9.17) is 17.3 Å². The Morgan fingerprint density at radius 1 is 1.07 bits per heavy atom. The summed E-state index contributed by atoms with van der Waals surface area (Å²) in [5.74, 6) is 0. The van der Waals surface area contributed by atoms with Crippen molar-refractivity contribution in [2.75, 3.05) is 5.73 Å². The molecular weight excluding hydrogens is 196 g/mol. The molecule has 70 valence electrons. The van der Waals surface area contributed by atoms with Crippen molar-refractivity contribution in [3.8, 4) is 11.3 Å². The van der Waals surface area contributed by atoms with Gasteiger partial charge in [0.25, 0.3) is 0 Å². The number of halogens is 1. The first-order valence-corrected chi connectivity index (χ1v) is 4.62. The Balaban J connectivity index is 2.61. The van der Waals surface area contributed by atoms with E-state index in [-0.39, 0.29) is 0 Å². The van der Waals surface area contributed by atoms with E-state index in [2.05, 4.69) is 4.98 Å². The number of nitrogens with zero attached hydrogens (tertiary/aromatic N) is 1. The van der Waals surface area contributed by atoms with Crippen LogP contribution in [-0.4, -0.2) is 4.98 Å². The van der Waals surface area contributed by atoms with Gasteiger partial charge in [-0.05, 0) is 18.2 Å². The van der Waals surface area contributed by atoms with Crippen molar-refractivity contribution >= 4 is 17.3 Å². The summed E-state index contributed by atoms with van der Waals surface area (Å²) in [6.45, 7) is 0. The molecule has 1 aromatic heterocycles. The quantitative estimate of drug-likeness (QED) is 0.776. The molecule has 0 aliphatic heterocycles. The van der Waals surface area contributed by atoms with E-state index in [1.807, 2.05) is 30.3 Å². The van der Waals surface area contributed by atoms with Gasteiger partial charge in [-0.1, -0.05) is 29.8 Å². The molecule has 2 nitrogen and oxygen atoms in total. The van der Waals surface area contributed by atoms with Crippen molar-refractivity contribution in [2.24, 2.45) is 0 Å². The molecular formula is C11H9ClN2. The first kappa shape index (κ1) is 9.03. The maximum atomic E-state index is 6.04. The monoisotopic (exact) mass is 204 g/mol. The minimum absolute atomic E-state index is 0.639. The van der Waals surface area contributed by atoms with Crippen LogP contribution in [0.25, 0.3) is 11.3 Å². The van der Waals surface area contributed by atoms with Gasteiger partial charge in [0, 0.05) is 11.8 Å². The van der Waals surface area contributed by atoms with Gasteiger partial charge in [0.1, 0.15) is 0 Å². The van der Waals surface area contributed by atoms with Gasteiger partial charge >= 0.3 is 0 Å². The molecule has 0 aliphatic rings. The summed E-state index contributed by atoms with van der Waals surface area (Å²) in [5.41, 5.74) is 8.04. The van der Waals surface area contributed by atoms with Crippen LogP contribution in [0.4, 0.5) is 5.69 Å². The Kier molecular flexibility index (Phi) is 2.37. The van der Waals surface area contributed by atoms with Crippen LogP contribution in [-0.2, 0) is 0 Å². The average molecular weight is 205 g/mol. The topological polar surface area (TPSA) is 38.9 Å². The minimum atomic E-state index is 0.639. The lowest BCUT2D eigenvalue weighted by atomic mass is 10.1. The maximum absolute atomic E-state index is 6.04. The van der Waals surface area contributed by atoms with E-state index in [9.17, 15) is 0 Å². The molecule has 0 bridgehead atoms. The number of pyridine rings is 1. The van der Waals surface area contributed by atoms with Crippen LogP contribution in [0.5, 0.6) is 0 Å². The van der Waals surface area contributed by atoms with Gasteiger partial charge in [-0.25, -0.2) is 0 Å². The molecule has 3 heteroatoms. The molecule has 0 atom stereocenters. The second kappa shape index (κ2) is 3.68. The molecule has 0 saturated heterocycles. The highest BCUT2D eigenvalue weighted by atomic mass is 35.5. The Morgan fingerprint density at radius 3 is 2.57 bits per heavy atom. The molecule has 1 aromatic carbocycles. The van der Waals surface area contributed by atoms with Gasteiger partial charge in [0.05, 0.1) is 16.4 Å². The summed E-state index contributed by atoms with van der Waals surface area (Å²) in [6, 6.07) is 11.1. The van der Waals surface area contributed by atoms with Crippen molar-refractivity contribution in [3.63, 3.8) is 0 Å². The van der Waals surface area contributed by atoms with Crippen LogP contribution in [0.15, 0.2) is 42.6 Å². The highest BCUT2D eigenvalue weighted by molar-refractivity contribution is 6.33. The zero-order valence-electron chi connectivity index (χ0n) is 7.44. The zero-order valence-corrected chi connectivity index (χ0v) is 8.20.